The van der Waals surface area contributed by atoms with Gasteiger partial charge in [0.25, 0.3) is 11.8 Å². The Kier molecular flexibility index (Phi) is 10.0. The molecule has 2 fully saturated rings. The standard InChI is InChI=1S/C36H43N3O5/c1-23-11-6-7-15-27(23)21-37-35(43)31-20-26-14-8-9-16-28(26)22-39(31)36(44)33(41)30(19-25-12-4-3-5-13-25)38-34(42)29-17-10-18-32(40)24(29)2/h3-7,10-13,15,17-18,26,28,30-31,33,40-41H,8-9,14,16,19-22H2,1-2H3,(H,37,43)(H,38,42). The van der Waals surface area contributed by atoms with E-state index in [-0.39, 0.29) is 29.6 Å². The molecule has 4 N–H and O–H groups in total. The molecule has 5 rings (SSSR count). The number of rotatable bonds is 9. The Hall–Kier alpha value is -4.17. The molecular weight excluding hydrogens is 554 g/mol. The number of phenols is 1. The zero-order chi connectivity index (χ0) is 31.2. The monoisotopic (exact) mass is 597 g/mol. The molecule has 3 aromatic carbocycles. The van der Waals surface area contributed by atoms with Gasteiger partial charge in [-0.15, -0.1) is 0 Å². The highest BCUT2D eigenvalue weighted by molar-refractivity contribution is 5.97. The van der Waals surface area contributed by atoms with Crippen molar-refractivity contribution in [3.8, 4) is 5.75 Å². The summed E-state index contributed by atoms with van der Waals surface area (Å²) in [6, 6.07) is 20.3. The fourth-order valence-corrected chi connectivity index (χ4v) is 6.80. The van der Waals surface area contributed by atoms with E-state index in [4.69, 9.17) is 0 Å². The molecule has 44 heavy (non-hydrogen) atoms. The minimum atomic E-state index is -1.58. The zero-order valence-corrected chi connectivity index (χ0v) is 25.5. The van der Waals surface area contributed by atoms with Gasteiger partial charge in [0.1, 0.15) is 11.8 Å². The summed E-state index contributed by atoms with van der Waals surface area (Å²) < 4.78 is 0. The fourth-order valence-electron chi connectivity index (χ4n) is 6.80. The predicted molar refractivity (Wildman–Crippen MR) is 169 cm³/mol. The van der Waals surface area contributed by atoms with Crippen molar-refractivity contribution in [1.29, 1.82) is 0 Å². The Balaban J connectivity index is 1.39. The van der Waals surface area contributed by atoms with Gasteiger partial charge in [-0.3, -0.25) is 14.4 Å². The van der Waals surface area contributed by atoms with Gasteiger partial charge < -0.3 is 25.7 Å². The summed E-state index contributed by atoms with van der Waals surface area (Å²) in [6.07, 6.45) is 3.42. The highest BCUT2D eigenvalue weighted by Gasteiger charge is 2.44. The number of aryl methyl sites for hydroxylation is 1. The molecule has 8 heteroatoms. The van der Waals surface area contributed by atoms with E-state index in [1.807, 2.05) is 61.5 Å². The van der Waals surface area contributed by atoms with Crippen LogP contribution in [0.5, 0.6) is 5.75 Å². The Morgan fingerprint density at radius 1 is 0.909 bits per heavy atom. The largest absolute Gasteiger partial charge is 0.508 e. The second-order valence-corrected chi connectivity index (χ2v) is 12.4. The van der Waals surface area contributed by atoms with Crippen LogP contribution in [0.25, 0.3) is 0 Å². The number of fused-ring (bicyclic) bond motifs is 1. The van der Waals surface area contributed by atoms with Gasteiger partial charge in [0, 0.05) is 24.2 Å². The lowest BCUT2D eigenvalue weighted by Gasteiger charge is -2.46. The highest BCUT2D eigenvalue weighted by atomic mass is 16.3. The number of aliphatic hydroxyl groups is 1. The number of nitrogens with zero attached hydrogens (tertiary/aromatic N) is 1. The quantitative estimate of drug-likeness (QED) is 0.291. The van der Waals surface area contributed by atoms with Crippen molar-refractivity contribution in [2.45, 2.75) is 77.1 Å². The average Bonchev–Trinajstić information content (AvgIpc) is 3.04. The molecule has 5 atom stereocenters. The number of carbonyl (C=O) groups excluding carboxylic acids is 3. The van der Waals surface area contributed by atoms with E-state index in [9.17, 15) is 24.6 Å². The molecule has 1 aliphatic heterocycles. The summed E-state index contributed by atoms with van der Waals surface area (Å²) in [5, 5.41) is 27.8. The van der Waals surface area contributed by atoms with Gasteiger partial charge >= 0.3 is 0 Å². The van der Waals surface area contributed by atoms with Crippen molar-refractivity contribution in [3.63, 3.8) is 0 Å². The van der Waals surface area contributed by atoms with E-state index < -0.39 is 30.0 Å². The van der Waals surface area contributed by atoms with Gasteiger partial charge in [0.15, 0.2) is 6.10 Å². The molecule has 1 saturated carbocycles. The first-order valence-corrected chi connectivity index (χ1v) is 15.7. The first-order valence-electron chi connectivity index (χ1n) is 15.7. The predicted octanol–water partition coefficient (Wildman–Crippen LogP) is 4.43. The van der Waals surface area contributed by atoms with Crippen molar-refractivity contribution in [2.24, 2.45) is 11.8 Å². The third kappa shape index (κ3) is 7.13. The van der Waals surface area contributed by atoms with E-state index in [0.717, 1.165) is 42.4 Å². The molecule has 2 aliphatic rings. The van der Waals surface area contributed by atoms with E-state index in [1.165, 1.54) is 6.07 Å². The van der Waals surface area contributed by atoms with E-state index in [2.05, 4.69) is 10.6 Å². The molecule has 0 bridgehead atoms. The second kappa shape index (κ2) is 14.1. The smallest absolute Gasteiger partial charge is 0.254 e. The number of aliphatic hydroxyl groups excluding tert-OH is 1. The van der Waals surface area contributed by atoms with Crippen LogP contribution in [-0.2, 0) is 22.6 Å². The SMILES string of the molecule is Cc1ccccc1CNC(=O)C1CC2CCCCC2CN1C(=O)C(O)C(Cc1ccccc1)NC(=O)c1cccc(O)c1C. The number of piperidine rings is 1. The van der Waals surface area contributed by atoms with Crippen molar-refractivity contribution < 1.29 is 24.6 Å². The molecule has 232 valence electrons. The third-order valence-corrected chi connectivity index (χ3v) is 9.50. The fraction of sp³-hybridized carbons (Fsp3) is 0.417. The Bertz CT molecular complexity index is 1480. The van der Waals surface area contributed by atoms with Gasteiger partial charge in [-0.2, -0.15) is 0 Å². The number of amides is 3. The summed E-state index contributed by atoms with van der Waals surface area (Å²) in [5.41, 5.74) is 3.61. The normalized spacial score (nSPS) is 21.1. The zero-order valence-electron chi connectivity index (χ0n) is 25.5. The van der Waals surface area contributed by atoms with Crippen molar-refractivity contribution >= 4 is 17.7 Å². The van der Waals surface area contributed by atoms with Crippen molar-refractivity contribution in [2.75, 3.05) is 6.54 Å². The average molecular weight is 598 g/mol. The number of hydrogen-bond acceptors (Lipinski definition) is 5. The Labute approximate surface area is 259 Å². The molecule has 0 spiro atoms. The molecule has 1 heterocycles. The molecule has 1 aliphatic carbocycles. The minimum Gasteiger partial charge on any atom is -0.508 e. The summed E-state index contributed by atoms with van der Waals surface area (Å²) >= 11 is 0. The number of hydrogen-bond donors (Lipinski definition) is 4. The van der Waals surface area contributed by atoms with Crippen LogP contribution in [-0.4, -0.2) is 57.6 Å². The summed E-state index contributed by atoms with van der Waals surface area (Å²) in [5.74, 6) is -0.658. The maximum Gasteiger partial charge on any atom is 0.254 e. The number of likely N-dealkylation sites (tertiary alicyclic amines) is 1. The van der Waals surface area contributed by atoms with E-state index in [0.29, 0.717) is 31.0 Å². The van der Waals surface area contributed by atoms with Crippen LogP contribution in [0.4, 0.5) is 0 Å². The highest BCUT2D eigenvalue weighted by Crippen LogP contribution is 2.39. The number of nitrogens with one attached hydrogen (secondary N) is 2. The van der Waals surface area contributed by atoms with Gasteiger partial charge in [-0.05, 0) is 73.8 Å². The van der Waals surface area contributed by atoms with Crippen molar-refractivity contribution in [1.82, 2.24) is 15.5 Å². The molecule has 0 radical (unpaired) electrons. The number of benzene rings is 3. The molecule has 0 aromatic heterocycles. The lowest BCUT2D eigenvalue weighted by molar-refractivity contribution is -0.153. The van der Waals surface area contributed by atoms with Crippen LogP contribution >= 0.6 is 0 Å². The van der Waals surface area contributed by atoms with Crippen LogP contribution in [0.15, 0.2) is 72.8 Å². The maximum atomic E-state index is 14.2. The second-order valence-electron chi connectivity index (χ2n) is 12.4. The maximum absolute atomic E-state index is 14.2. The van der Waals surface area contributed by atoms with Crippen LogP contribution in [0.3, 0.4) is 0 Å². The molecular formula is C36H43N3O5. The van der Waals surface area contributed by atoms with Crippen molar-refractivity contribution in [3.05, 3.63) is 101 Å². The summed E-state index contributed by atoms with van der Waals surface area (Å²) in [7, 11) is 0. The lowest BCUT2D eigenvalue weighted by Crippen LogP contribution is -2.61. The van der Waals surface area contributed by atoms with Gasteiger partial charge in [0.05, 0.1) is 6.04 Å². The van der Waals surface area contributed by atoms with Crippen LogP contribution in [0, 0.1) is 25.7 Å². The van der Waals surface area contributed by atoms with Gasteiger partial charge in [-0.1, -0.05) is 79.9 Å². The molecule has 1 saturated heterocycles. The first kappa shape index (κ1) is 31.3. The topological polar surface area (TPSA) is 119 Å². The van der Waals surface area contributed by atoms with Gasteiger partial charge in [-0.25, -0.2) is 0 Å². The molecule has 8 nitrogen and oxygen atoms in total. The van der Waals surface area contributed by atoms with Crippen LogP contribution < -0.4 is 10.6 Å². The van der Waals surface area contributed by atoms with Gasteiger partial charge in [0.2, 0.25) is 5.91 Å². The summed E-state index contributed by atoms with van der Waals surface area (Å²) in [4.78, 5) is 42.9. The Morgan fingerprint density at radius 3 is 2.36 bits per heavy atom. The number of carbonyl (C=O) groups is 3. The summed E-state index contributed by atoms with van der Waals surface area (Å²) in [6.45, 7) is 4.41. The third-order valence-electron chi connectivity index (χ3n) is 9.50. The van der Waals surface area contributed by atoms with E-state index in [1.54, 1.807) is 24.0 Å². The molecule has 3 amide bonds. The lowest BCUT2D eigenvalue weighted by atomic mass is 9.72. The Morgan fingerprint density at radius 2 is 1.61 bits per heavy atom. The van der Waals surface area contributed by atoms with E-state index >= 15 is 0 Å². The first-order chi connectivity index (χ1) is 21.2. The molecule has 5 unspecified atom stereocenters. The number of aromatic hydroxyl groups is 1. The minimum absolute atomic E-state index is 0.0104. The molecule has 3 aromatic rings. The number of phenolic OH excluding ortho intramolecular Hbond substituents is 1. The van der Waals surface area contributed by atoms with Crippen LogP contribution in [0.1, 0.15) is 64.7 Å². The van der Waals surface area contributed by atoms with Crippen LogP contribution in [0.2, 0.25) is 0 Å².